The van der Waals surface area contributed by atoms with E-state index < -0.39 is 53.4 Å². The number of fused-ring (bicyclic) bond motifs is 2. The molecule has 2 saturated heterocycles. The molecule has 5 saturated carbocycles. The molecule has 2 aliphatic heterocycles. The number of hydrogen-bond donors (Lipinski definition) is 5. The molecular formula is C37H60O10. The maximum atomic E-state index is 12.7. The summed E-state index contributed by atoms with van der Waals surface area (Å²) in [6.45, 7) is 16.2. The van der Waals surface area contributed by atoms with Crippen molar-refractivity contribution in [3.8, 4) is 0 Å². The zero-order chi connectivity index (χ0) is 34.3. The van der Waals surface area contributed by atoms with Crippen molar-refractivity contribution >= 4 is 5.97 Å². The van der Waals surface area contributed by atoms with E-state index in [1.54, 1.807) is 13.8 Å². The minimum absolute atomic E-state index is 0.0770. The first kappa shape index (κ1) is 34.6. The molecule has 0 aromatic heterocycles. The summed E-state index contributed by atoms with van der Waals surface area (Å²) in [7, 11) is 0. The molecule has 0 aromatic carbocycles. The van der Waals surface area contributed by atoms with Crippen molar-refractivity contribution in [1.29, 1.82) is 0 Å². The third kappa shape index (κ3) is 4.47. The summed E-state index contributed by atoms with van der Waals surface area (Å²) >= 11 is 0. The van der Waals surface area contributed by atoms with Crippen LogP contribution in [-0.2, 0) is 23.7 Å². The Bertz CT molecular complexity index is 1270. The Hall–Kier alpha value is -0.850. The number of ether oxygens (including phenoxy) is 4. The lowest BCUT2D eigenvalue weighted by Crippen LogP contribution is -2.62. The fourth-order valence-electron chi connectivity index (χ4n) is 13.7. The van der Waals surface area contributed by atoms with Gasteiger partial charge in [0, 0.05) is 18.3 Å². The number of rotatable bonds is 5. The first-order chi connectivity index (χ1) is 21.7. The van der Waals surface area contributed by atoms with Crippen molar-refractivity contribution in [2.24, 2.45) is 44.8 Å². The van der Waals surface area contributed by atoms with Crippen molar-refractivity contribution < 1.29 is 49.3 Å². The van der Waals surface area contributed by atoms with Crippen LogP contribution in [0.25, 0.3) is 0 Å². The van der Waals surface area contributed by atoms with Crippen molar-refractivity contribution in [3.05, 3.63) is 0 Å². The summed E-state index contributed by atoms with van der Waals surface area (Å²) in [6.07, 6.45) is 1.51. The first-order valence-electron chi connectivity index (χ1n) is 18.3. The minimum atomic E-state index is -1.31. The molecule has 11 unspecified atom stereocenters. The second-order valence-electron chi connectivity index (χ2n) is 18.7. The van der Waals surface area contributed by atoms with E-state index in [4.69, 9.17) is 18.9 Å². The van der Waals surface area contributed by atoms with Gasteiger partial charge >= 0.3 is 5.97 Å². The van der Waals surface area contributed by atoms with Crippen LogP contribution in [0.15, 0.2) is 0 Å². The SMILES string of the molecule is CC(=O)OC1C(O)C([C@]2(C)CCC(C(C)(C)O)O2)[C@@]2(C)CC[C@@]34C[C@@]35CCC(OC3OCC(O)C(O)C3O)C(C)(C)C5CCC4[C@]12C. The van der Waals surface area contributed by atoms with Gasteiger partial charge in [0.25, 0.3) is 0 Å². The Morgan fingerprint density at radius 3 is 2.13 bits per heavy atom. The largest absolute Gasteiger partial charge is 0.459 e. The van der Waals surface area contributed by atoms with Crippen molar-refractivity contribution in [2.45, 2.75) is 173 Å². The van der Waals surface area contributed by atoms with E-state index in [1.165, 1.54) is 6.92 Å². The fourth-order valence-corrected chi connectivity index (χ4v) is 13.7. The highest BCUT2D eigenvalue weighted by molar-refractivity contribution is 5.66. The number of carbonyl (C=O) groups excluding carboxylic acids is 1. The Kier molecular flexibility index (Phi) is 7.80. The topological polar surface area (TPSA) is 155 Å². The maximum Gasteiger partial charge on any atom is 0.303 e. The van der Waals surface area contributed by atoms with Crippen LogP contribution in [-0.4, -0.2) is 98.3 Å². The van der Waals surface area contributed by atoms with E-state index in [2.05, 4.69) is 34.6 Å². The molecule has 0 radical (unpaired) electrons. The van der Waals surface area contributed by atoms with Gasteiger partial charge in [-0.2, -0.15) is 0 Å². The quantitative estimate of drug-likeness (QED) is 0.218. The lowest BCUT2D eigenvalue weighted by molar-refractivity contribution is -0.303. The smallest absolute Gasteiger partial charge is 0.303 e. The molecule has 2 heterocycles. The molecule has 0 aromatic rings. The molecule has 7 rings (SSSR count). The summed E-state index contributed by atoms with van der Waals surface area (Å²) in [5.41, 5.74) is -2.49. The fraction of sp³-hybridized carbons (Fsp3) is 0.973. The van der Waals surface area contributed by atoms with Crippen molar-refractivity contribution in [3.63, 3.8) is 0 Å². The highest BCUT2D eigenvalue weighted by Crippen LogP contribution is 2.89. The Labute approximate surface area is 279 Å². The molecule has 10 nitrogen and oxygen atoms in total. The Morgan fingerprint density at radius 1 is 0.830 bits per heavy atom. The third-order valence-electron chi connectivity index (χ3n) is 15.9. The summed E-state index contributed by atoms with van der Waals surface area (Å²) in [4.78, 5) is 12.7. The molecule has 0 amide bonds. The van der Waals surface area contributed by atoms with Crippen molar-refractivity contribution in [2.75, 3.05) is 6.61 Å². The van der Waals surface area contributed by atoms with Crippen LogP contribution in [0.1, 0.15) is 113 Å². The molecule has 5 N–H and O–H groups in total. The number of hydrogen-bond acceptors (Lipinski definition) is 10. The first-order valence-corrected chi connectivity index (χ1v) is 18.3. The molecule has 16 atom stereocenters. The zero-order valence-corrected chi connectivity index (χ0v) is 29.7. The predicted molar refractivity (Wildman–Crippen MR) is 171 cm³/mol. The standard InChI is InChI=1S/C37H60O10/c1-19(38)45-29-27(42)28(34(7)13-11-24(47-34)32(4,5)43)33(6)15-16-37-18-36(37)14-12-23(46-30-26(41)25(40)20(39)17-44-30)31(2,3)21(36)9-10-22(37)35(29,33)8/h20-30,39-43H,9-18H2,1-8H3/t20?,21?,22?,23?,24?,25?,26?,27?,28?,29?,30?,33-,34+,35-,36-,37+/m1/s1. The van der Waals surface area contributed by atoms with Gasteiger partial charge in [0.1, 0.15) is 24.4 Å². The van der Waals surface area contributed by atoms with Crippen LogP contribution in [0.4, 0.5) is 0 Å². The van der Waals surface area contributed by atoms with Crippen LogP contribution in [0.3, 0.4) is 0 Å². The monoisotopic (exact) mass is 664 g/mol. The summed E-state index contributed by atoms with van der Waals surface area (Å²) in [6, 6.07) is 0. The number of esters is 1. The molecule has 10 heteroatoms. The number of aliphatic hydroxyl groups excluding tert-OH is 4. The van der Waals surface area contributed by atoms with Gasteiger partial charge < -0.3 is 44.5 Å². The maximum absolute atomic E-state index is 12.7. The van der Waals surface area contributed by atoms with E-state index in [-0.39, 0.29) is 58.3 Å². The van der Waals surface area contributed by atoms with Gasteiger partial charge in [0.15, 0.2) is 6.29 Å². The molecule has 2 spiro atoms. The summed E-state index contributed by atoms with van der Waals surface area (Å²) < 4.78 is 25.1. The van der Waals surface area contributed by atoms with E-state index in [9.17, 15) is 30.3 Å². The predicted octanol–water partition coefficient (Wildman–Crippen LogP) is 3.47. The molecular weight excluding hydrogens is 604 g/mol. The zero-order valence-electron chi connectivity index (χ0n) is 29.7. The second-order valence-corrected chi connectivity index (χ2v) is 18.7. The second kappa shape index (κ2) is 10.6. The Balaban J connectivity index is 1.19. The highest BCUT2D eigenvalue weighted by Gasteiger charge is 2.85. The van der Waals surface area contributed by atoms with Gasteiger partial charge in [-0.15, -0.1) is 0 Å². The molecule has 268 valence electrons. The third-order valence-corrected chi connectivity index (χ3v) is 15.9. The van der Waals surface area contributed by atoms with E-state index in [1.807, 2.05) is 0 Å². The van der Waals surface area contributed by atoms with Crippen LogP contribution < -0.4 is 0 Å². The number of carbonyl (C=O) groups is 1. The summed E-state index contributed by atoms with van der Waals surface area (Å²) in [5.74, 6) is 0.0227. The van der Waals surface area contributed by atoms with E-state index >= 15 is 0 Å². The molecule has 0 bridgehead atoms. The highest BCUT2D eigenvalue weighted by atomic mass is 16.7. The van der Waals surface area contributed by atoms with Crippen LogP contribution in [0.2, 0.25) is 0 Å². The van der Waals surface area contributed by atoms with Gasteiger partial charge in [-0.25, -0.2) is 0 Å². The number of aliphatic hydroxyl groups is 5. The van der Waals surface area contributed by atoms with Gasteiger partial charge in [-0.3, -0.25) is 4.79 Å². The van der Waals surface area contributed by atoms with E-state index in [0.717, 1.165) is 51.4 Å². The molecule has 47 heavy (non-hydrogen) atoms. The van der Waals surface area contributed by atoms with Crippen molar-refractivity contribution in [1.82, 2.24) is 0 Å². The van der Waals surface area contributed by atoms with Gasteiger partial charge in [-0.05, 0) is 112 Å². The summed E-state index contributed by atoms with van der Waals surface area (Å²) in [5, 5.41) is 54.0. The van der Waals surface area contributed by atoms with Gasteiger partial charge in [0.2, 0.25) is 0 Å². The van der Waals surface area contributed by atoms with Crippen LogP contribution in [0.5, 0.6) is 0 Å². The van der Waals surface area contributed by atoms with Crippen LogP contribution >= 0.6 is 0 Å². The van der Waals surface area contributed by atoms with Crippen LogP contribution in [0, 0.1) is 44.8 Å². The lowest BCUT2D eigenvalue weighted by Gasteiger charge is -2.64. The normalized spacial score (nSPS) is 56.6. The van der Waals surface area contributed by atoms with Gasteiger partial charge in [-0.1, -0.05) is 27.7 Å². The molecule has 7 fully saturated rings. The van der Waals surface area contributed by atoms with Gasteiger partial charge in [0.05, 0.1) is 36.1 Å². The lowest BCUT2D eigenvalue weighted by atomic mass is 9.41. The van der Waals surface area contributed by atoms with E-state index in [0.29, 0.717) is 12.3 Å². The molecule has 5 aliphatic carbocycles. The average molecular weight is 665 g/mol. The Morgan fingerprint density at radius 2 is 1.49 bits per heavy atom. The minimum Gasteiger partial charge on any atom is -0.459 e. The average Bonchev–Trinajstić information content (AvgIpc) is 3.40. The molecule has 7 aliphatic rings.